The molecular formula is C39H55N5O9. The molecule has 6 N–H and O–H groups in total. The molecule has 3 aromatic rings. The molecule has 0 saturated heterocycles. The largest absolute Gasteiger partial charge is 0.491 e. The molecular weight excluding hydrogens is 682 g/mol. The second-order valence-electron chi connectivity index (χ2n) is 12.1. The van der Waals surface area contributed by atoms with Gasteiger partial charge in [-0.25, -0.2) is 0 Å². The summed E-state index contributed by atoms with van der Waals surface area (Å²) < 4.78 is 28.1. The Kier molecular flexibility index (Phi) is 20.3. The Balaban J connectivity index is 1.47. The van der Waals surface area contributed by atoms with E-state index in [4.69, 9.17) is 29.4 Å². The van der Waals surface area contributed by atoms with Gasteiger partial charge in [-0.3, -0.25) is 19.4 Å². The van der Waals surface area contributed by atoms with Crippen LogP contribution in [0.25, 0.3) is 21.9 Å². The lowest BCUT2D eigenvalue weighted by atomic mass is 9.95. The number of ether oxygens (including phenoxy) is 5. The van der Waals surface area contributed by atoms with Gasteiger partial charge in [-0.2, -0.15) is 0 Å². The average Bonchev–Trinajstić information content (AvgIpc) is 3.16. The minimum atomic E-state index is -1.06. The number of carboxylic acids is 1. The van der Waals surface area contributed by atoms with Crippen LogP contribution in [0, 0.1) is 0 Å². The summed E-state index contributed by atoms with van der Waals surface area (Å²) in [5, 5.41) is 19.8. The van der Waals surface area contributed by atoms with Crippen molar-refractivity contribution in [3.8, 4) is 16.9 Å². The van der Waals surface area contributed by atoms with Crippen molar-refractivity contribution >= 4 is 34.5 Å². The number of carboxylic acid groups (broad SMARTS) is 1. The average molecular weight is 738 g/mol. The molecule has 0 radical (unpaired) electrons. The molecule has 1 atom stereocenters. The minimum Gasteiger partial charge on any atom is -0.491 e. The third-order valence-corrected chi connectivity index (χ3v) is 8.00. The maximum Gasteiger partial charge on any atom is 0.305 e. The monoisotopic (exact) mass is 737 g/mol. The molecule has 0 aliphatic rings. The number of amides is 2. The second kappa shape index (κ2) is 25.3. The molecule has 1 unspecified atom stereocenters. The van der Waals surface area contributed by atoms with Gasteiger partial charge in [-0.05, 0) is 47.4 Å². The van der Waals surface area contributed by atoms with Crippen molar-refractivity contribution in [3.63, 3.8) is 0 Å². The van der Waals surface area contributed by atoms with Crippen LogP contribution in [0.15, 0.2) is 65.7 Å². The summed E-state index contributed by atoms with van der Waals surface area (Å²) in [5.74, 6) is -0.731. The van der Waals surface area contributed by atoms with Crippen molar-refractivity contribution in [1.29, 1.82) is 0 Å². The Morgan fingerprint density at radius 1 is 0.755 bits per heavy atom. The van der Waals surface area contributed by atoms with Gasteiger partial charge in [-0.1, -0.05) is 61.5 Å². The number of fused-ring (bicyclic) bond motifs is 1. The van der Waals surface area contributed by atoms with Crippen LogP contribution < -0.4 is 26.4 Å². The smallest absolute Gasteiger partial charge is 0.305 e. The molecule has 0 saturated carbocycles. The molecule has 2 amide bonds. The summed E-state index contributed by atoms with van der Waals surface area (Å²) in [6, 6.07) is 18.5. The predicted octanol–water partition coefficient (Wildman–Crippen LogP) is 3.81. The highest BCUT2D eigenvalue weighted by molar-refractivity contribution is 6.00. The van der Waals surface area contributed by atoms with E-state index in [9.17, 15) is 19.5 Å². The van der Waals surface area contributed by atoms with Crippen LogP contribution in [0.5, 0.6) is 5.75 Å². The molecule has 14 heteroatoms. The second-order valence-corrected chi connectivity index (χ2v) is 12.1. The predicted molar refractivity (Wildman–Crippen MR) is 204 cm³/mol. The number of rotatable bonds is 27. The van der Waals surface area contributed by atoms with E-state index in [0.717, 1.165) is 40.7 Å². The molecule has 0 fully saturated rings. The lowest BCUT2D eigenvalue weighted by Gasteiger charge is -2.19. The highest BCUT2D eigenvalue weighted by Gasteiger charge is 2.19. The fraction of sp³-hybridized carbons (Fsp3) is 0.487. The summed E-state index contributed by atoms with van der Waals surface area (Å²) in [4.78, 5) is 40.4. The zero-order valence-corrected chi connectivity index (χ0v) is 30.9. The first-order valence-electron chi connectivity index (χ1n) is 18.1. The summed E-state index contributed by atoms with van der Waals surface area (Å²) in [6.45, 7) is 7.05. The van der Waals surface area contributed by atoms with Gasteiger partial charge >= 0.3 is 5.97 Å². The van der Waals surface area contributed by atoms with Crippen LogP contribution in [0.4, 0.5) is 0 Å². The van der Waals surface area contributed by atoms with Crippen molar-refractivity contribution in [1.82, 2.24) is 16.0 Å². The number of carbonyl (C=O) groups excluding carboxylic acids is 2. The summed E-state index contributed by atoms with van der Waals surface area (Å²) >= 11 is 0. The van der Waals surface area contributed by atoms with Gasteiger partial charge in [-0.15, -0.1) is 0 Å². The van der Waals surface area contributed by atoms with Gasteiger partial charge < -0.3 is 50.5 Å². The zero-order chi connectivity index (χ0) is 38.1. The Bertz CT molecular complexity index is 1570. The molecule has 0 aliphatic carbocycles. The van der Waals surface area contributed by atoms with Gasteiger partial charge in [0.05, 0.1) is 65.3 Å². The first-order valence-corrected chi connectivity index (χ1v) is 18.1. The zero-order valence-electron chi connectivity index (χ0n) is 30.9. The Hall–Kier alpha value is -4.76. The third kappa shape index (κ3) is 16.6. The van der Waals surface area contributed by atoms with Crippen LogP contribution in [-0.2, 0) is 33.3 Å². The number of aliphatic carboxylic acids is 1. The number of carbonyl (C=O) groups is 3. The minimum absolute atomic E-state index is 0.248. The summed E-state index contributed by atoms with van der Waals surface area (Å²) in [6.07, 6.45) is 2.25. The number of aliphatic imine (C=N–C) groups is 1. The van der Waals surface area contributed by atoms with E-state index in [-0.39, 0.29) is 25.3 Å². The van der Waals surface area contributed by atoms with Crippen molar-refractivity contribution in [3.05, 3.63) is 66.2 Å². The number of hydrogen-bond acceptors (Lipinski definition) is 9. The maximum absolute atomic E-state index is 12.7. The van der Waals surface area contributed by atoms with E-state index in [1.54, 1.807) is 7.05 Å². The molecule has 0 bridgehead atoms. The first-order chi connectivity index (χ1) is 25.8. The van der Waals surface area contributed by atoms with Crippen molar-refractivity contribution in [2.45, 2.75) is 45.1 Å². The number of nitrogens with two attached hydrogens (primary N) is 1. The number of benzene rings is 3. The summed E-state index contributed by atoms with van der Waals surface area (Å²) in [7, 11) is 1.58. The Morgan fingerprint density at radius 2 is 1.38 bits per heavy atom. The van der Waals surface area contributed by atoms with Gasteiger partial charge in [0.15, 0.2) is 5.96 Å². The molecule has 0 heterocycles. The van der Waals surface area contributed by atoms with Crippen LogP contribution in [-0.4, -0.2) is 108 Å². The highest BCUT2D eigenvalue weighted by atomic mass is 16.6. The van der Waals surface area contributed by atoms with Crippen LogP contribution in [0.2, 0.25) is 0 Å². The van der Waals surface area contributed by atoms with Gasteiger partial charge in [0.2, 0.25) is 11.8 Å². The molecule has 0 aromatic heterocycles. The lowest BCUT2D eigenvalue weighted by molar-refractivity contribution is -0.138. The molecule has 3 aromatic carbocycles. The van der Waals surface area contributed by atoms with Crippen LogP contribution in [0.1, 0.15) is 50.6 Å². The third-order valence-electron chi connectivity index (χ3n) is 8.00. The SMILES string of the molecule is CCCOCCOCCOCCOCCOc1ccc(-c2ccc(C(CC(=O)O)NC(=O)CNC(=O)CCCCNC(N)=NC)cc2)c2ccccc12. The topological polar surface area (TPSA) is 192 Å². The van der Waals surface area contributed by atoms with E-state index in [2.05, 4.69) is 27.9 Å². The Labute approximate surface area is 311 Å². The first kappa shape index (κ1) is 42.7. The molecule has 0 aliphatic heterocycles. The molecule has 14 nitrogen and oxygen atoms in total. The Morgan fingerprint density at radius 3 is 2.00 bits per heavy atom. The van der Waals surface area contributed by atoms with Gasteiger partial charge in [0.25, 0.3) is 0 Å². The van der Waals surface area contributed by atoms with Crippen molar-refractivity contribution in [2.24, 2.45) is 10.7 Å². The van der Waals surface area contributed by atoms with Crippen LogP contribution in [0.3, 0.4) is 0 Å². The quantitative estimate of drug-likeness (QED) is 0.0434. The molecule has 3 rings (SSSR count). The number of unbranched alkanes of at least 4 members (excludes halogenated alkanes) is 1. The number of hydrogen-bond donors (Lipinski definition) is 5. The molecule has 53 heavy (non-hydrogen) atoms. The number of nitrogens with one attached hydrogen (secondary N) is 3. The van der Waals surface area contributed by atoms with Gasteiger partial charge in [0, 0.05) is 32.0 Å². The van der Waals surface area contributed by atoms with E-state index in [1.807, 2.05) is 60.7 Å². The van der Waals surface area contributed by atoms with Gasteiger partial charge in [0.1, 0.15) is 12.4 Å². The van der Waals surface area contributed by atoms with E-state index in [1.165, 1.54) is 0 Å². The fourth-order valence-corrected chi connectivity index (χ4v) is 5.31. The lowest BCUT2D eigenvalue weighted by Crippen LogP contribution is -2.39. The standard InChI is InChI=1S/C39H55N5O9/c1-3-18-49-19-20-50-21-22-51-23-24-52-25-26-53-35-16-15-31(32-8-4-5-9-33(32)35)29-11-13-30(14-12-29)34(27-38(47)48)44-37(46)28-43-36(45)10-6-7-17-42-39(40)41-2/h4-5,8-9,11-16,34H,3,6-7,10,17-28H2,1-2H3,(H,43,45)(H,44,46)(H,47,48)(H3,40,41,42). The number of guanidine groups is 1. The molecule has 290 valence electrons. The summed E-state index contributed by atoms with van der Waals surface area (Å²) in [5.41, 5.74) is 8.11. The normalized spacial score (nSPS) is 12.0. The maximum atomic E-state index is 12.7. The molecule has 0 spiro atoms. The number of nitrogens with zero attached hydrogens (tertiary/aromatic N) is 1. The van der Waals surface area contributed by atoms with E-state index in [0.29, 0.717) is 83.8 Å². The fourth-order valence-electron chi connectivity index (χ4n) is 5.31. The van der Waals surface area contributed by atoms with E-state index < -0.39 is 17.9 Å². The van der Waals surface area contributed by atoms with Crippen molar-refractivity contribution in [2.75, 3.05) is 79.6 Å². The van der Waals surface area contributed by atoms with Crippen LogP contribution >= 0.6 is 0 Å². The van der Waals surface area contributed by atoms with Crippen molar-refractivity contribution < 1.29 is 43.2 Å². The highest BCUT2D eigenvalue weighted by Crippen LogP contribution is 2.35. The van der Waals surface area contributed by atoms with E-state index >= 15 is 0 Å².